The van der Waals surface area contributed by atoms with Crippen LogP contribution in [0.25, 0.3) is 0 Å². The second kappa shape index (κ2) is 6.62. The van der Waals surface area contributed by atoms with Gasteiger partial charge in [-0.1, -0.05) is 35.4 Å². The van der Waals surface area contributed by atoms with Crippen molar-refractivity contribution >= 4 is 29.7 Å². The van der Waals surface area contributed by atoms with Gasteiger partial charge in [-0.2, -0.15) is 0 Å². The number of benzene rings is 2. The molecule has 0 aromatic heterocycles. The Bertz CT molecular complexity index is 491. The van der Waals surface area contributed by atoms with Gasteiger partial charge in [0.05, 0.1) is 0 Å². The molecule has 2 aromatic carbocycles. The molecule has 0 aliphatic rings. The van der Waals surface area contributed by atoms with Crippen LogP contribution in [0.1, 0.15) is 11.1 Å². The summed E-state index contributed by atoms with van der Waals surface area (Å²) in [4.78, 5) is 0. The van der Waals surface area contributed by atoms with Crippen molar-refractivity contribution in [3.63, 3.8) is 0 Å². The molecule has 1 N–H and O–H groups in total. The Morgan fingerprint density at radius 3 is 2.39 bits per heavy atom. The van der Waals surface area contributed by atoms with E-state index in [0.29, 0.717) is 17.1 Å². The number of anilines is 1. The molecule has 0 amide bonds. The standard InChI is InChI=1S/C14H13ClFN.ClH/c1-10-5-7-11(8-6-10)17-9-12-13(15)3-2-4-14(12)16;/h2-8,17H,9H2,1H3;1H. The van der Waals surface area contributed by atoms with Gasteiger partial charge in [-0.3, -0.25) is 0 Å². The van der Waals surface area contributed by atoms with E-state index in [1.807, 2.05) is 31.2 Å². The van der Waals surface area contributed by atoms with Crippen molar-refractivity contribution in [1.29, 1.82) is 0 Å². The number of hydrogen-bond donors (Lipinski definition) is 1. The van der Waals surface area contributed by atoms with Gasteiger partial charge in [-0.05, 0) is 31.2 Å². The zero-order valence-corrected chi connectivity index (χ0v) is 11.5. The van der Waals surface area contributed by atoms with Crippen LogP contribution in [0, 0.1) is 12.7 Å². The van der Waals surface area contributed by atoms with Crippen LogP contribution < -0.4 is 5.32 Å². The van der Waals surface area contributed by atoms with Crippen LogP contribution in [-0.4, -0.2) is 0 Å². The number of aryl methyl sites for hydroxylation is 1. The van der Waals surface area contributed by atoms with E-state index in [9.17, 15) is 4.39 Å². The van der Waals surface area contributed by atoms with E-state index < -0.39 is 0 Å². The molecule has 0 unspecified atom stereocenters. The second-order valence-electron chi connectivity index (χ2n) is 3.92. The molecule has 2 aromatic rings. The number of hydrogen-bond acceptors (Lipinski definition) is 1. The highest BCUT2D eigenvalue weighted by molar-refractivity contribution is 6.31. The van der Waals surface area contributed by atoms with E-state index in [1.54, 1.807) is 12.1 Å². The van der Waals surface area contributed by atoms with Gasteiger partial charge < -0.3 is 5.32 Å². The smallest absolute Gasteiger partial charge is 0.129 e. The lowest BCUT2D eigenvalue weighted by Gasteiger charge is -2.09. The van der Waals surface area contributed by atoms with Crippen molar-refractivity contribution in [3.05, 3.63) is 64.4 Å². The Labute approximate surface area is 117 Å². The zero-order valence-electron chi connectivity index (χ0n) is 9.91. The molecule has 0 spiro atoms. The maximum Gasteiger partial charge on any atom is 0.129 e. The van der Waals surface area contributed by atoms with Crippen LogP contribution in [0.5, 0.6) is 0 Å². The molecule has 18 heavy (non-hydrogen) atoms. The Balaban J connectivity index is 0.00000162. The molecule has 0 bridgehead atoms. The third kappa shape index (κ3) is 3.62. The zero-order chi connectivity index (χ0) is 12.3. The van der Waals surface area contributed by atoms with Crippen LogP contribution >= 0.6 is 24.0 Å². The monoisotopic (exact) mass is 285 g/mol. The third-order valence-corrected chi connectivity index (χ3v) is 2.94. The first-order valence-corrected chi connectivity index (χ1v) is 5.78. The number of halogens is 3. The molecule has 0 aliphatic heterocycles. The van der Waals surface area contributed by atoms with Crippen molar-refractivity contribution in [2.45, 2.75) is 13.5 Å². The van der Waals surface area contributed by atoms with Gasteiger partial charge in [0, 0.05) is 22.8 Å². The van der Waals surface area contributed by atoms with E-state index in [2.05, 4.69) is 5.32 Å². The van der Waals surface area contributed by atoms with Crippen LogP contribution in [0.2, 0.25) is 5.02 Å². The van der Waals surface area contributed by atoms with Gasteiger partial charge >= 0.3 is 0 Å². The molecule has 96 valence electrons. The number of nitrogens with one attached hydrogen (secondary N) is 1. The first-order chi connectivity index (χ1) is 8.16. The normalized spacial score (nSPS) is 9.72. The summed E-state index contributed by atoms with van der Waals surface area (Å²) in [5.41, 5.74) is 2.64. The van der Waals surface area contributed by atoms with Gasteiger partial charge in [0.1, 0.15) is 5.82 Å². The lowest BCUT2D eigenvalue weighted by molar-refractivity contribution is 0.613. The summed E-state index contributed by atoms with van der Waals surface area (Å²) in [6.07, 6.45) is 0. The summed E-state index contributed by atoms with van der Waals surface area (Å²) in [5, 5.41) is 3.59. The highest BCUT2D eigenvalue weighted by Crippen LogP contribution is 2.20. The van der Waals surface area contributed by atoms with Crippen LogP contribution in [-0.2, 0) is 6.54 Å². The van der Waals surface area contributed by atoms with Crippen LogP contribution in [0.4, 0.5) is 10.1 Å². The molecule has 0 aliphatic carbocycles. The van der Waals surface area contributed by atoms with Gasteiger partial charge in [0.2, 0.25) is 0 Å². The summed E-state index contributed by atoms with van der Waals surface area (Å²) < 4.78 is 13.5. The average molecular weight is 286 g/mol. The molecule has 0 heterocycles. The van der Waals surface area contributed by atoms with Gasteiger partial charge in [-0.15, -0.1) is 12.4 Å². The molecule has 1 nitrogen and oxygen atoms in total. The topological polar surface area (TPSA) is 12.0 Å². The fraction of sp³-hybridized carbons (Fsp3) is 0.143. The summed E-state index contributed by atoms with van der Waals surface area (Å²) in [5.74, 6) is -0.280. The van der Waals surface area contributed by atoms with Crippen LogP contribution in [0.15, 0.2) is 42.5 Å². The van der Waals surface area contributed by atoms with Gasteiger partial charge in [-0.25, -0.2) is 4.39 Å². The fourth-order valence-electron chi connectivity index (χ4n) is 1.56. The number of rotatable bonds is 3. The van der Waals surface area contributed by atoms with E-state index in [4.69, 9.17) is 11.6 Å². The molecule has 2 rings (SSSR count). The molecule has 4 heteroatoms. The SMILES string of the molecule is Cc1ccc(NCc2c(F)cccc2Cl)cc1.Cl. The molecule has 0 fully saturated rings. The first-order valence-electron chi connectivity index (χ1n) is 5.40. The molecular formula is C14H14Cl2FN. The molecule has 0 saturated heterocycles. The Morgan fingerprint density at radius 2 is 1.78 bits per heavy atom. The lowest BCUT2D eigenvalue weighted by Crippen LogP contribution is -2.02. The minimum Gasteiger partial charge on any atom is -0.381 e. The highest BCUT2D eigenvalue weighted by Gasteiger charge is 2.05. The van der Waals surface area contributed by atoms with E-state index in [-0.39, 0.29) is 18.2 Å². The lowest BCUT2D eigenvalue weighted by atomic mass is 10.2. The minimum atomic E-state index is -0.280. The van der Waals surface area contributed by atoms with Crippen LogP contribution in [0.3, 0.4) is 0 Å². The van der Waals surface area contributed by atoms with Gasteiger partial charge in [0.25, 0.3) is 0 Å². The largest absolute Gasteiger partial charge is 0.381 e. The van der Waals surface area contributed by atoms with E-state index in [1.165, 1.54) is 11.6 Å². The summed E-state index contributed by atoms with van der Waals surface area (Å²) in [7, 11) is 0. The van der Waals surface area contributed by atoms with Crippen molar-refractivity contribution in [2.24, 2.45) is 0 Å². The Morgan fingerprint density at radius 1 is 1.11 bits per heavy atom. The summed E-state index contributed by atoms with van der Waals surface area (Å²) in [6, 6.07) is 12.6. The first kappa shape index (κ1) is 14.8. The van der Waals surface area contributed by atoms with E-state index >= 15 is 0 Å². The van der Waals surface area contributed by atoms with Crippen molar-refractivity contribution < 1.29 is 4.39 Å². The molecular weight excluding hydrogens is 272 g/mol. The van der Waals surface area contributed by atoms with Gasteiger partial charge in [0.15, 0.2) is 0 Å². The summed E-state index contributed by atoms with van der Waals surface area (Å²) in [6.45, 7) is 2.41. The van der Waals surface area contributed by atoms with Crippen molar-refractivity contribution in [2.75, 3.05) is 5.32 Å². The molecule has 0 atom stereocenters. The Hall–Kier alpha value is -1.25. The third-order valence-electron chi connectivity index (χ3n) is 2.58. The maximum absolute atomic E-state index is 13.5. The van der Waals surface area contributed by atoms with E-state index in [0.717, 1.165) is 5.69 Å². The molecule has 0 saturated carbocycles. The maximum atomic E-state index is 13.5. The minimum absolute atomic E-state index is 0. The Kier molecular flexibility index (Phi) is 5.45. The van der Waals surface area contributed by atoms with Crippen molar-refractivity contribution in [1.82, 2.24) is 0 Å². The second-order valence-corrected chi connectivity index (χ2v) is 4.33. The highest BCUT2D eigenvalue weighted by atomic mass is 35.5. The average Bonchev–Trinajstić information content (AvgIpc) is 2.31. The summed E-state index contributed by atoms with van der Waals surface area (Å²) >= 11 is 5.94. The quantitative estimate of drug-likeness (QED) is 0.852. The predicted molar refractivity (Wildman–Crippen MR) is 77.2 cm³/mol. The fourth-order valence-corrected chi connectivity index (χ4v) is 1.79. The van der Waals surface area contributed by atoms with Crippen molar-refractivity contribution in [3.8, 4) is 0 Å². The molecule has 0 radical (unpaired) electrons. The predicted octanol–water partition coefficient (Wildman–Crippen LogP) is 4.82.